The molecule has 7 nitrogen and oxygen atoms in total. The Morgan fingerprint density at radius 3 is 2.45 bits per heavy atom. The monoisotopic (exact) mass is 471 g/mol. The SMILES string of the molecule is CC(=O)c1ccn(C(=O)N2CCC(C)(CN(C)Cc3ccc(Cl)c(N4CCCC4)c3)CC2)n1. The lowest BCUT2D eigenvalue weighted by Gasteiger charge is -2.41. The van der Waals surface area contributed by atoms with Gasteiger partial charge in [0.1, 0.15) is 5.69 Å². The summed E-state index contributed by atoms with van der Waals surface area (Å²) in [5.41, 5.74) is 2.90. The number of Topliss-reactive ketones (excluding diaryl/α,β-unsaturated/α-hetero) is 1. The van der Waals surface area contributed by atoms with Gasteiger partial charge in [-0.25, -0.2) is 4.79 Å². The maximum atomic E-state index is 12.8. The van der Waals surface area contributed by atoms with Crippen LogP contribution < -0.4 is 4.90 Å². The van der Waals surface area contributed by atoms with Gasteiger partial charge in [0.15, 0.2) is 5.78 Å². The van der Waals surface area contributed by atoms with Crippen LogP contribution in [0.3, 0.4) is 0 Å². The average Bonchev–Trinajstić information content (AvgIpc) is 3.47. The van der Waals surface area contributed by atoms with Crippen LogP contribution in [-0.2, 0) is 6.54 Å². The summed E-state index contributed by atoms with van der Waals surface area (Å²) in [7, 11) is 2.17. The van der Waals surface area contributed by atoms with Crippen LogP contribution in [-0.4, -0.2) is 71.2 Å². The minimum absolute atomic E-state index is 0.135. The average molecular weight is 472 g/mol. The molecule has 0 radical (unpaired) electrons. The standard InChI is InChI=1S/C25H34ClN5O2/c1-19(32)22-8-13-31(27-22)24(33)30-14-9-25(2,10-15-30)18-28(3)17-20-6-7-21(26)23(16-20)29-11-4-5-12-29/h6-8,13,16H,4-5,9-12,14-15,17-18H2,1-3H3. The summed E-state index contributed by atoms with van der Waals surface area (Å²) in [6, 6.07) is 7.83. The first kappa shape index (κ1) is 23.8. The molecule has 0 unspecified atom stereocenters. The molecule has 1 aromatic heterocycles. The second kappa shape index (κ2) is 9.85. The van der Waals surface area contributed by atoms with Gasteiger partial charge in [0.2, 0.25) is 0 Å². The number of ketones is 1. The summed E-state index contributed by atoms with van der Waals surface area (Å²) in [5, 5.41) is 4.95. The first-order valence-corrected chi connectivity index (χ1v) is 12.2. The van der Waals surface area contributed by atoms with Gasteiger partial charge in [-0.05, 0) is 61.9 Å². The van der Waals surface area contributed by atoms with Crippen LogP contribution in [0.5, 0.6) is 0 Å². The number of carbonyl (C=O) groups is 2. The molecule has 0 N–H and O–H groups in total. The third-order valence-corrected chi connectivity index (χ3v) is 7.27. The smallest absolute Gasteiger partial charge is 0.344 e. The van der Waals surface area contributed by atoms with E-state index in [4.69, 9.17) is 11.6 Å². The molecule has 178 valence electrons. The number of hydrogen-bond donors (Lipinski definition) is 0. The number of carbonyl (C=O) groups excluding carboxylic acids is 2. The second-order valence-electron chi connectivity index (χ2n) is 9.93. The van der Waals surface area contributed by atoms with Gasteiger partial charge in [0.25, 0.3) is 0 Å². The molecule has 2 fully saturated rings. The Morgan fingerprint density at radius 2 is 1.82 bits per heavy atom. The maximum Gasteiger partial charge on any atom is 0.344 e. The molecule has 8 heteroatoms. The van der Waals surface area contributed by atoms with Crippen LogP contribution in [0.1, 0.15) is 55.6 Å². The largest absolute Gasteiger partial charge is 0.370 e. The van der Waals surface area contributed by atoms with E-state index in [9.17, 15) is 9.59 Å². The summed E-state index contributed by atoms with van der Waals surface area (Å²) in [6.07, 6.45) is 5.91. The van der Waals surface area contributed by atoms with Crippen molar-refractivity contribution < 1.29 is 9.59 Å². The number of halogens is 1. The molecule has 2 aromatic rings. The molecule has 4 rings (SSSR count). The van der Waals surface area contributed by atoms with Crippen molar-refractivity contribution >= 4 is 29.1 Å². The Labute approximate surface area is 201 Å². The Balaban J connectivity index is 1.32. The van der Waals surface area contributed by atoms with E-state index in [1.165, 1.54) is 30.0 Å². The molecule has 0 spiro atoms. The summed E-state index contributed by atoms with van der Waals surface area (Å²) in [4.78, 5) is 30.8. The number of aromatic nitrogens is 2. The first-order chi connectivity index (χ1) is 15.7. The summed E-state index contributed by atoms with van der Waals surface area (Å²) >= 11 is 6.48. The number of likely N-dealkylation sites (tertiary alicyclic amines) is 1. The molecular formula is C25H34ClN5O2. The number of hydrogen-bond acceptors (Lipinski definition) is 5. The van der Waals surface area contributed by atoms with Crippen LogP contribution >= 0.6 is 11.6 Å². The number of amides is 1. The highest BCUT2D eigenvalue weighted by atomic mass is 35.5. The van der Waals surface area contributed by atoms with Crippen molar-refractivity contribution in [2.75, 3.05) is 44.7 Å². The van der Waals surface area contributed by atoms with E-state index < -0.39 is 0 Å². The first-order valence-electron chi connectivity index (χ1n) is 11.8. The predicted molar refractivity (Wildman–Crippen MR) is 131 cm³/mol. The highest BCUT2D eigenvalue weighted by molar-refractivity contribution is 6.33. The van der Waals surface area contributed by atoms with Gasteiger partial charge in [0, 0.05) is 52.4 Å². The molecule has 0 bridgehead atoms. The van der Waals surface area contributed by atoms with Crippen molar-refractivity contribution in [1.29, 1.82) is 0 Å². The molecule has 0 atom stereocenters. The maximum absolute atomic E-state index is 12.8. The summed E-state index contributed by atoms with van der Waals surface area (Å²) < 4.78 is 1.28. The molecule has 3 heterocycles. The topological polar surface area (TPSA) is 61.7 Å². The predicted octanol–water partition coefficient (Wildman–Crippen LogP) is 4.54. The third-order valence-electron chi connectivity index (χ3n) is 6.95. The van der Waals surface area contributed by atoms with E-state index in [1.54, 1.807) is 12.3 Å². The number of nitrogens with zero attached hydrogens (tertiary/aromatic N) is 5. The molecular weight excluding hydrogens is 438 g/mol. The lowest BCUT2D eigenvalue weighted by atomic mass is 9.80. The molecule has 1 amide bonds. The normalized spacial score (nSPS) is 18.2. The molecule has 1 aromatic carbocycles. The van der Waals surface area contributed by atoms with Crippen molar-refractivity contribution in [2.24, 2.45) is 5.41 Å². The van der Waals surface area contributed by atoms with E-state index in [0.717, 1.165) is 49.7 Å². The van der Waals surface area contributed by atoms with E-state index >= 15 is 0 Å². The van der Waals surface area contributed by atoms with Crippen LogP contribution in [0, 0.1) is 5.41 Å². The third kappa shape index (κ3) is 5.58. The van der Waals surface area contributed by atoms with Gasteiger partial charge in [-0.3, -0.25) is 4.79 Å². The zero-order valence-corrected chi connectivity index (χ0v) is 20.6. The fraction of sp³-hybridized carbons (Fsp3) is 0.560. The van der Waals surface area contributed by atoms with E-state index in [0.29, 0.717) is 18.8 Å². The van der Waals surface area contributed by atoms with Crippen LogP contribution in [0.25, 0.3) is 0 Å². The second-order valence-corrected chi connectivity index (χ2v) is 10.3. The molecule has 0 aliphatic carbocycles. The molecule has 2 aliphatic rings. The van der Waals surface area contributed by atoms with Gasteiger partial charge in [0.05, 0.1) is 10.7 Å². The van der Waals surface area contributed by atoms with E-state index in [2.05, 4.69) is 41.0 Å². The number of rotatable bonds is 6. The van der Waals surface area contributed by atoms with E-state index in [1.807, 2.05) is 11.0 Å². The van der Waals surface area contributed by atoms with Gasteiger partial charge in [-0.1, -0.05) is 24.6 Å². The van der Waals surface area contributed by atoms with Crippen molar-refractivity contribution in [3.05, 3.63) is 46.7 Å². The summed E-state index contributed by atoms with van der Waals surface area (Å²) in [6.45, 7) is 9.16. The Morgan fingerprint density at radius 1 is 1.12 bits per heavy atom. The van der Waals surface area contributed by atoms with Crippen molar-refractivity contribution in [1.82, 2.24) is 19.6 Å². The van der Waals surface area contributed by atoms with Crippen LogP contribution in [0.2, 0.25) is 5.02 Å². The summed E-state index contributed by atoms with van der Waals surface area (Å²) in [5.74, 6) is -0.135. The molecule has 0 saturated carbocycles. The minimum atomic E-state index is -0.159. The van der Waals surface area contributed by atoms with Crippen molar-refractivity contribution in [3.8, 4) is 0 Å². The molecule has 2 saturated heterocycles. The van der Waals surface area contributed by atoms with E-state index in [-0.39, 0.29) is 17.2 Å². The number of anilines is 1. The van der Waals surface area contributed by atoms with Gasteiger partial charge in [-0.15, -0.1) is 0 Å². The quantitative estimate of drug-likeness (QED) is 0.579. The van der Waals surface area contributed by atoms with Crippen molar-refractivity contribution in [2.45, 2.75) is 46.1 Å². The number of benzene rings is 1. The zero-order chi connectivity index (χ0) is 23.6. The zero-order valence-electron chi connectivity index (χ0n) is 19.9. The van der Waals surface area contributed by atoms with Gasteiger partial charge in [-0.2, -0.15) is 9.78 Å². The molecule has 2 aliphatic heterocycles. The van der Waals surface area contributed by atoms with Crippen molar-refractivity contribution in [3.63, 3.8) is 0 Å². The minimum Gasteiger partial charge on any atom is -0.370 e. The highest BCUT2D eigenvalue weighted by Crippen LogP contribution is 2.33. The lowest BCUT2D eigenvalue weighted by Crippen LogP contribution is -2.47. The molecule has 33 heavy (non-hydrogen) atoms. The number of piperidine rings is 1. The van der Waals surface area contributed by atoms with Crippen LogP contribution in [0.4, 0.5) is 10.5 Å². The Kier molecular flexibility index (Phi) is 7.10. The fourth-order valence-corrected chi connectivity index (χ4v) is 5.27. The lowest BCUT2D eigenvalue weighted by molar-refractivity contribution is 0.0936. The Hall–Kier alpha value is -2.38. The fourth-order valence-electron chi connectivity index (χ4n) is 5.04. The van der Waals surface area contributed by atoms with Crippen LogP contribution in [0.15, 0.2) is 30.5 Å². The van der Waals surface area contributed by atoms with Gasteiger partial charge >= 0.3 is 6.03 Å². The van der Waals surface area contributed by atoms with Gasteiger partial charge < -0.3 is 14.7 Å². The highest BCUT2D eigenvalue weighted by Gasteiger charge is 2.33. The Bertz CT molecular complexity index is 1010.